The Morgan fingerprint density at radius 2 is 2.05 bits per heavy atom. The molecule has 1 aliphatic rings. The molecule has 0 bridgehead atoms. The summed E-state index contributed by atoms with van der Waals surface area (Å²) in [5, 5.41) is 4.85. The molecule has 2 rings (SSSR count). The van der Waals surface area contributed by atoms with E-state index < -0.39 is 23.6 Å². The molecule has 1 atom stereocenters. The van der Waals surface area contributed by atoms with Crippen LogP contribution in [0.25, 0.3) is 0 Å². The number of carbonyl (C=O) groups is 1. The van der Waals surface area contributed by atoms with Crippen LogP contribution >= 0.6 is 12.8 Å². The fourth-order valence-corrected chi connectivity index (χ4v) is 2.59. The third kappa shape index (κ3) is 4.77. The zero-order chi connectivity index (χ0) is 16.3. The molecule has 0 saturated carbocycles. The minimum atomic E-state index is -4.68. The van der Waals surface area contributed by atoms with Gasteiger partial charge in [-0.1, -0.05) is 12.8 Å². The molecule has 9 heteroatoms. The molecule has 1 fully saturated rings. The maximum Gasteiger partial charge on any atom is 0.416 e. The first-order valence-corrected chi connectivity index (χ1v) is 7.03. The average molecular weight is 337 g/mol. The fourth-order valence-electron chi connectivity index (χ4n) is 2.25. The summed E-state index contributed by atoms with van der Waals surface area (Å²) in [5.41, 5.74) is -1.40. The van der Waals surface area contributed by atoms with Gasteiger partial charge >= 0.3 is 12.2 Å². The summed E-state index contributed by atoms with van der Waals surface area (Å²) < 4.78 is 52.8. The number of hydrogen-bond acceptors (Lipinski definition) is 3. The highest BCUT2D eigenvalue weighted by molar-refractivity contribution is 7.77. The van der Waals surface area contributed by atoms with E-state index in [-0.39, 0.29) is 11.7 Å². The molecule has 4 nitrogen and oxygen atoms in total. The van der Waals surface area contributed by atoms with E-state index in [4.69, 9.17) is 0 Å². The number of halogens is 4. The van der Waals surface area contributed by atoms with Crippen LogP contribution in [0.1, 0.15) is 18.4 Å². The van der Waals surface area contributed by atoms with E-state index in [1.165, 1.54) is 0 Å². The lowest BCUT2D eigenvalue weighted by Crippen LogP contribution is -2.46. The molecular formula is C13H15F4N3OS. The smallest absolute Gasteiger partial charge is 0.334 e. The molecule has 1 aromatic rings. The predicted molar refractivity (Wildman–Crippen MR) is 77.1 cm³/mol. The second-order valence-corrected chi connectivity index (χ2v) is 5.64. The lowest BCUT2D eigenvalue weighted by atomic mass is 10.1. The molecular weight excluding hydrogens is 322 g/mol. The third-order valence-corrected chi connectivity index (χ3v) is 3.58. The highest BCUT2D eigenvalue weighted by Gasteiger charge is 2.31. The van der Waals surface area contributed by atoms with Crippen LogP contribution in [-0.4, -0.2) is 29.5 Å². The molecule has 122 valence electrons. The zero-order valence-electron chi connectivity index (χ0n) is 11.5. The molecule has 0 radical (unpaired) electrons. The number of rotatable bonds is 2. The normalized spacial score (nSPS) is 19.8. The van der Waals surface area contributed by atoms with Gasteiger partial charge in [0.2, 0.25) is 0 Å². The highest BCUT2D eigenvalue weighted by atomic mass is 32.1. The standard InChI is InChI=1S/C13H15F4N3OS/c14-9-4-8(13(15,16)17)5-11(6-9)19-12(21)18-10-2-1-3-20(22)7-10/h4-6,10,22H,1-3,7H2,(H2,18,19,21). The van der Waals surface area contributed by atoms with Crippen molar-refractivity contribution in [3.05, 3.63) is 29.6 Å². The van der Waals surface area contributed by atoms with Crippen LogP contribution in [0, 0.1) is 5.82 Å². The summed E-state index contributed by atoms with van der Waals surface area (Å²) in [6.07, 6.45) is -3.07. The van der Waals surface area contributed by atoms with Crippen molar-refractivity contribution >= 4 is 24.5 Å². The van der Waals surface area contributed by atoms with E-state index in [0.29, 0.717) is 18.7 Å². The topological polar surface area (TPSA) is 44.4 Å². The van der Waals surface area contributed by atoms with E-state index in [0.717, 1.165) is 25.5 Å². The fraction of sp³-hybridized carbons (Fsp3) is 0.462. The van der Waals surface area contributed by atoms with Crippen LogP contribution < -0.4 is 10.6 Å². The summed E-state index contributed by atoms with van der Waals surface area (Å²) in [7, 11) is 0. The monoisotopic (exact) mass is 337 g/mol. The number of anilines is 1. The van der Waals surface area contributed by atoms with Crippen LogP contribution in [0.5, 0.6) is 0 Å². The van der Waals surface area contributed by atoms with Gasteiger partial charge in [-0.3, -0.25) is 4.31 Å². The summed E-state index contributed by atoms with van der Waals surface area (Å²) >= 11 is 4.19. The Morgan fingerprint density at radius 1 is 1.32 bits per heavy atom. The Bertz CT molecular complexity index is 553. The Balaban J connectivity index is 2.00. The van der Waals surface area contributed by atoms with Crippen LogP contribution in [-0.2, 0) is 6.18 Å². The van der Waals surface area contributed by atoms with E-state index >= 15 is 0 Å². The summed E-state index contributed by atoms with van der Waals surface area (Å²) in [4.78, 5) is 11.8. The number of urea groups is 1. The molecule has 1 aromatic carbocycles. The van der Waals surface area contributed by atoms with Crippen molar-refractivity contribution in [2.45, 2.75) is 25.1 Å². The first kappa shape index (κ1) is 16.9. The van der Waals surface area contributed by atoms with Crippen LogP contribution in [0.2, 0.25) is 0 Å². The second kappa shape index (κ2) is 6.74. The van der Waals surface area contributed by atoms with E-state index in [2.05, 4.69) is 23.4 Å². The largest absolute Gasteiger partial charge is 0.416 e. The number of thiol groups is 1. The summed E-state index contributed by atoms with van der Waals surface area (Å²) in [6, 6.07) is 1.08. The van der Waals surface area contributed by atoms with Gasteiger partial charge in [0, 0.05) is 24.8 Å². The van der Waals surface area contributed by atoms with Gasteiger partial charge in [0.05, 0.1) is 5.56 Å². The number of hydrogen-bond donors (Lipinski definition) is 3. The number of nitrogens with zero attached hydrogens (tertiary/aromatic N) is 1. The van der Waals surface area contributed by atoms with E-state index in [1.54, 1.807) is 4.31 Å². The Morgan fingerprint density at radius 3 is 2.68 bits per heavy atom. The number of alkyl halides is 3. The van der Waals surface area contributed by atoms with Crippen molar-refractivity contribution in [3.63, 3.8) is 0 Å². The Kier molecular flexibility index (Phi) is 5.17. The highest BCUT2D eigenvalue weighted by Crippen LogP contribution is 2.31. The van der Waals surface area contributed by atoms with Crippen molar-refractivity contribution < 1.29 is 22.4 Å². The predicted octanol–water partition coefficient (Wildman–Crippen LogP) is 3.28. The van der Waals surface area contributed by atoms with Gasteiger partial charge < -0.3 is 10.6 Å². The lowest BCUT2D eigenvalue weighted by Gasteiger charge is -2.29. The first-order chi connectivity index (χ1) is 10.2. The summed E-state index contributed by atoms with van der Waals surface area (Å²) in [5.74, 6) is -1.07. The molecule has 22 heavy (non-hydrogen) atoms. The third-order valence-electron chi connectivity index (χ3n) is 3.22. The first-order valence-electron chi connectivity index (χ1n) is 6.63. The molecule has 1 heterocycles. The van der Waals surface area contributed by atoms with Crippen molar-refractivity contribution in [1.82, 2.24) is 9.62 Å². The van der Waals surface area contributed by atoms with E-state index in [1.807, 2.05) is 0 Å². The van der Waals surface area contributed by atoms with Crippen molar-refractivity contribution in [1.29, 1.82) is 0 Å². The average Bonchev–Trinajstić information content (AvgIpc) is 2.36. The van der Waals surface area contributed by atoms with E-state index in [9.17, 15) is 22.4 Å². The second-order valence-electron chi connectivity index (χ2n) is 5.08. The number of nitrogens with one attached hydrogen (secondary N) is 2. The Hall–Kier alpha value is -1.48. The lowest BCUT2D eigenvalue weighted by molar-refractivity contribution is -0.137. The number of carbonyl (C=O) groups excluding carboxylic acids is 1. The van der Waals surface area contributed by atoms with Gasteiger partial charge in [0.15, 0.2) is 0 Å². The minimum absolute atomic E-state index is 0.151. The SMILES string of the molecule is O=C(Nc1cc(F)cc(C(F)(F)F)c1)NC1CCCN(S)C1. The number of piperidine rings is 1. The van der Waals surface area contributed by atoms with Gasteiger partial charge in [-0.25, -0.2) is 9.18 Å². The molecule has 1 aliphatic heterocycles. The molecule has 2 amide bonds. The minimum Gasteiger partial charge on any atom is -0.334 e. The van der Waals surface area contributed by atoms with Gasteiger partial charge in [-0.05, 0) is 31.0 Å². The van der Waals surface area contributed by atoms with Crippen molar-refractivity contribution in [2.75, 3.05) is 18.4 Å². The molecule has 0 aromatic heterocycles. The quantitative estimate of drug-likeness (QED) is 0.573. The maximum absolute atomic E-state index is 13.2. The molecule has 1 unspecified atom stereocenters. The van der Waals surface area contributed by atoms with Gasteiger partial charge in [-0.15, -0.1) is 0 Å². The molecule has 2 N–H and O–H groups in total. The maximum atomic E-state index is 13.2. The van der Waals surface area contributed by atoms with Crippen LogP contribution in [0.15, 0.2) is 18.2 Å². The molecule has 1 saturated heterocycles. The summed E-state index contributed by atoms with van der Waals surface area (Å²) in [6.45, 7) is 1.34. The molecule has 0 spiro atoms. The van der Waals surface area contributed by atoms with Crippen molar-refractivity contribution in [3.8, 4) is 0 Å². The number of amides is 2. The zero-order valence-corrected chi connectivity index (χ0v) is 12.3. The van der Waals surface area contributed by atoms with Gasteiger partial charge in [0.25, 0.3) is 0 Å². The van der Waals surface area contributed by atoms with Crippen molar-refractivity contribution in [2.24, 2.45) is 0 Å². The number of benzene rings is 1. The molecule has 0 aliphatic carbocycles. The Labute approximate surface area is 130 Å². The van der Waals surface area contributed by atoms with Gasteiger partial charge in [-0.2, -0.15) is 13.2 Å². The van der Waals surface area contributed by atoms with Crippen LogP contribution in [0.4, 0.5) is 28.0 Å². The van der Waals surface area contributed by atoms with Gasteiger partial charge in [0.1, 0.15) is 5.82 Å². The van der Waals surface area contributed by atoms with Crippen LogP contribution in [0.3, 0.4) is 0 Å².